The molecule has 1 fully saturated rings. The first-order chi connectivity index (χ1) is 12.1. The molecule has 3 rings (SSSR count). The van der Waals surface area contributed by atoms with E-state index in [1.807, 2.05) is 43.3 Å². The maximum atomic E-state index is 12.3. The molecule has 0 spiro atoms. The molecule has 1 aliphatic rings. The summed E-state index contributed by atoms with van der Waals surface area (Å²) in [4.78, 5) is 24.6. The van der Waals surface area contributed by atoms with Crippen molar-refractivity contribution in [3.05, 3.63) is 60.2 Å². The summed E-state index contributed by atoms with van der Waals surface area (Å²) < 4.78 is 10.9. The van der Waals surface area contributed by atoms with Gasteiger partial charge in [-0.05, 0) is 56.4 Å². The minimum Gasteiger partial charge on any atom is -0.426 e. The Hall–Kier alpha value is -2.62. The van der Waals surface area contributed by atoms with E-state index in [9.17, 15) is 9.59 Å². The van der Waals surface area contributed by atoms with Gasteiger partial charge in [0, 0.05) is 0 Å². The molecule has 0 aromatic heterocycles. The molecule has 0 aliphatic heterocycles. The minimum atomic E-state index is -0.211. The highest BCUT2D eigenvalue weighted by atomic mass is 16.5. The molecule has 0 heterocycles. The number of ether oxygens (including phenoxy) is 2. The lowest BCUT2D eigenvalue weighted by molar-refractivity contribution is -0.145. The monoisotopic (exact) mass is 338 g/mol. The Kier molecular flexibility index (Phi) is 5.49. The lowest BCUT2D eigenvalue weighted by Gasteiger charge is -2.26. The maximum Gasteiger partial charge on any atom is 0.314 e. The van der Waals surface area contributed by atoms with Crippen LogP contribution in [0.15, 0.2) is 54.6 Å². The Morgan fingerprint density at radius 1 is 0.760 bits per heavy atom. The molecule has 2 aromatic rings. The fraction of sp³-hybridized carbons (Fsp3) is 0.333. The topological polar surface area (TPSA) is 52.6 Å². The Balaban J connectivity index is 1.50. The number of hydrogen-bond acceptors (Lipinski definition) is 4. The summed E-state index contributed by atoms with van der Waals surface area (Å²) in [6.45, 7) is 1.92. The Labute approximate surface area is 147 Å². The summed E-state index contributed by atoms with van der Waals surface area (Å²) in [5.41, 5.74) is 0.941. The highest BCUT2D eigenvalue weighted by Gasteiger charge is 2.32. The van der Waals surface area contributed by atoms with Crippen LogP contribution in [0.1, 0.15) is 31.2 Å². The van der Waals surface area contributed by atoms with E-state index in [-0.39, 0.29) is 23.8 Å². The Morgan fingerprint density at radius 3 is 1.88 bits per heavy atom. The van der Waals surface area contributed by atoms with Crippen molar-refractivity contribution in [2.45, 2.75) is 32.6 Å². The van der Waals surface area contributed by atoms with Gasteiger partial charge in [0.05, 0.1) is 11.8 Å². The summed E-state index contributed by atoms with van der Waals surface area (Å²) >= 11 is 0. The smallest absolute Gasteiger partial charge is 0.314 e. The summed E-state index contributed by atoms with van der Waals surface area (Å²) in [5, 5.41) is 0. The molecule has 25 heavy (non-hydrogen) atoms. The van der Waals surface area contributed by atoms with Gasteiger partial charge < -0.3 is 9.47 Å². The zero-order valence-corrected chi connectivity index (χ0v) is 14.3. The second-order valence-electron chi connectivity index (χ2n) is 6.47. The van der Waals surface area contributed by atoms with Crippen molar-refractivity contribution >= 4 is 11.9 Å². The van der Waals surface area contributed by atoms with Crippen LogP contribution in [0.2, 0.25) is 0 Å². The van der Waals surface area contributed by atoms with E-state index in [1.54, 1.807) is 18.2 Å². The average molecular weight is 338 g/mol. The Morgan fingerprint density at radius 2 is 1.28 bits per heavy atom. The van der Waals surface area contributed by atoms with E-state index in [0.29, 0.717) is 37.2 Å². The zero-order valence-electron chi connectivity index (χ0n) is 14.3. The van der Waals surface area contributed by atoms with Gasteiger partial charge in [-0.3, -0.25) is 9.59 Å². The molecule has 1 saturated carbocycles. The number of aryl methyl sites for hydroxylation is 1. The van der Waals surface area contributed by atoms with Crippen molar-refractivity contribution in [1.29, 1.82) is 0 Å². The number of carbonyl (C=O) groups is 2. The lowest BCUT2D eigenvalue weighted by atomic mass is 9.82. The van der Waals surface area contributed by atoms with Gasteiger partial charge in [0.2, 0.25) is 0 Å². The van der Waals surface area contributed by atoms with Gasteiger partial charge in [0.25, 0.3) is 0 Å². The van der Waals surface area contributed by atoms with Gasteiger partial charge in [-0.25, -0.2) is 0 Å². The fourth-order valence-corrected chi connectivity index (χ4v) is 3.12. The molecule has 0 unspecified atom stereocenters. The molecule has 2 aromatic carbocycles. The third-order valence-electron chi connectivity index (χ3n) is 4.66. The van der Waals surface area contributed by atoms with Crippen LogP contribution < -0.4 is 9.47 Å². The van der Waals surface area contributed by atoms with Gasteiger partial charge in [-0.15, -0.1) is 0 Å². The van der Waals surface area contributed by atoms with Gasteiger partial charge >= 0.3 is 11.9 Å². The molecule has 4 nitrogen and oxygen atoms in total. The fourth-order valence-electron chi connectivity index (χ4n) is 3.12. The van der Waals surface area contributed by atoms with Crippen LogP contribution in [0.5, 0.6) is 11.5 Å². The van der Waals surface area contributed by atoms with E-state index in [4.69, 9.17) is 9.47 Å². The quantitative estimate of drug-likeness (QED) is 0.616. The highest BCUT2D eigenvalue weighted by Crippen LogP contribution is 2.31. The lowest BCUT2D eigenvalue weighted by Crippen LogP contribution is -2.30. The first-order valence-corrected chi connectivity index (χ1v) is 8.67. The molecule has 0 saturated heterocycles. The highest BCUT2D eigenvalue weighted by molar-refractivity contribution is 5.78. The number of rotatable bonds is 4. The molecular weight excluding hydrogens is 316 g/mol. The number of benzene rings is 2. The van der Waals surface area contributed by atoms with Gasteiger partial charge in [-0.2, -0.15) is 0 Å². The largest absolute Gasteiger partial charge is 0.426 e. The predicted octanol–water partition coefficient (Wildman–Crippen LogP) is 4.31. The molecular formula is C21H22O4. The summed E-state index contributed by atoms with van der Waals surface area (Å²) in [6.07, 6.45) is 2.61. The minimum absolute atomic E-state index is 0.150. The molecule has 4 heteroatoms. The number of para-hydroxylation sites is 2. The number of hydrogen-bond donors (Lipinski definition) is 0. The van der Waals surface area contributed by atoms with Crippen molar-refractivity contribution in [3.63, 3.8) is 0 Å². The van der Waals surface area contributed by atoms with Crippen LogP contribution in [-0.4, -0.2) is 11.9 Å². The van der Waals surface area contributed by atoms with Crippen molar-refractivity contribution in [2.24, 2.45) is 11.8 Å². The van der Waals surface area contributed by atoms with Crippen LogP contribution >= 0.6 is 0 Å². The number of esters is 2. The summed E-state index contributed by atoms with van der Waals surface area (Å²) in [5.74, 6) is 0.455. The molecule has 0 radical (unpaired) electrons. The maximum absolute atomic E-state index is 12.3. The summed E-state index contributed by atoms with van der Waals surface area (Å²) in [7, 11) is 0. The molecule has 130 valence electrons. The van der Waals surface area contributed by atoms with Crippen molar-refractivity contribution in [2.75, 3.05) is 0 Å². The average Bonchev–Trinajstić information content (AvgIpc) is 2.64. The van der Waals surface area contributed by atoms with Crippen LogP contribution in [0.3, 0.4) is 0 Å². The Bertz CT molecular complexity index is 731. The van der Waals surface area contributed by atoms with E-state index in [1.165, 1.54) is 0 Å². The standard InChI is InChI=1S/C21H22O4/c1-15-7-5-6-10-19(15)25-21(23)17-13-11-16(12-14-17)20(22)24-18-8-3-2-4-9-18/h2-10,16-17H,11-14H2,1H3. The third kappa shape index (κ3) is 4.47. The van der Waals surface area contributed by atoms with Gasteiger partial charge in [0.15, 0.2) is 0 Å². The van der Waals surface area contributed by atoms with E-state index >= 15 is 0 Å². The summed E-state index contributed by atoms with van der Waals surface area (Å²) in [6, 6.07) is 16.6. The SMILES string of the molecule is Cc1ccccc1OC(=O)C1CCC(C(=O)Oc2ccccc2)CC1. The second-order valence-corrected chi connectivity index (χ2v) is 6.47. The molecule has 0 atom stereocenters. The van der Waals surface area contributed by atoms with Crippen LogP contribution in [0.4, 0.5) is 0 Å². The normalized spacial score (nSPS) is 19.9. The zero-order chi connectivity index (χ0) is 17.6. The van der Waals surface area contributed by atoms with Crippen molar-refractivity contribution < 1.29 is 19.1 Å². The van der Waals surface area contributed by atoms with Crippen molar-refractivity contribution in [1.82, 2.24) is 0 Å². The second kappa shape index (κ2) is 7.97. The first-order valence-electron chi connectivity index (χ1n) is 8.67. The van der Waals surface area contributed by atoms with E-state index in [0.717, 1.165) is 5.56 Å². The van der Waals surface area contributed by atoms with E-state index < -0.39 is 0 Å². The van der Waals surface area contributed by atoms with Crippen LogP contribution in [0.25, 0.3) is 0 Å². The van der Waals surface area contributed by atoms with Crippen LogP contribution in [0, 0.1) is 18.8 Å². The molecule has 0 bridgehead atoms. The third-order valence-corrected chi connectivity index (χ3v) is 4.66. The molecule has 0 N–H and O–H groups in total. The molecule has 1 aliphatic carbocycles. The first kappa shape index (κ1) is 17.2. The van der Waals surface area contributed by atoms with Crippen LogP contribution in [-0.2, 0) is 9.59 Å². The number of carbonyl (C=O) groups excluding carboxylic acids is 2. The van der Waals surface area contributed by atoms with Gasteiger partial charge in [-0.1, -0.05) is 36.4 Å². The molecule has 0 amide bonds. The predicted molar refractivity (Wildman–Crippen MR) is 94.3 cm³/mol. The van der Waals surface area contributed by atoms with Crippen molar-refractivity contribution in [3.8, 4) is 11.5 Å². The van der Waals surface area contributed by atoms with E-state index in [2.05, 4.69) is 0 Å². The van der Waals surface area contributed by atoms with Gasteiger partial charge in [0.1, 0.15) is 11.5 Å².